The quantitative estimate of drug-likeness (QED) is 0.449. The standard InChI is InChI=1S/C22H16O4/c23-18-9-7-14(8-10-18)22(25)26-13-21(24)17-6-5-16-11-15-3-1-2-4-19(15)20(16)12-17/h1-10,12,23H,11,13H2. The number of hydrogen-bond acceptors (Lipinski definition) is 4. The van der Waals surface area contributed by atoms with E-state index in [4.69, 9.17) is 4.74 Å². The van der Waals surface area contributed by atoms with Gasteiger partial charge >= 0.3 is 5.97 Å². The average Bonchev–Trinajstić information content (AvgIpc) is 3.04. The summed E-state index contributed by atoms with van der Waals surface area (Å²) in [5.41, 5.74) is 5.49. The number of ether oxygens (including phenoxy) is 1. The minimum Gasteiger partial charge on any atom is -0.508 e. The third-order valence-electron chi connectivity index (χ3n) is 4.56. The highest BCUT2D eigenvalue weighted by molar-refractivity contribution is 6.00. The van der Waals surface area contributed by atoms with Crippen molar-refractivity contribution in [2.24, 2.45) is 0 Å². The number of aromatic hydroxyl groups is 1. The second-order valence-corrected chi connectivity index (χ2v) is 6.25. The molecule has 0 aromatic heterocycles. The first kappa shape index (κ1) is 16.1. The zero-order valence-electron chi connectivity index (χ0n) is 13.9. The van der Waals surface area contributed by atoms with Crippen LogP contribution in [0.2, 0.25) is 0 Å². The molecule has 3 aromatic rings. The summed E-state index contributed by atoms with van der Waals surface area (Å²) in [6.45, 7) is -0.319. The molecule has 4 heteroatoms. The van der Waals surface area contributed by atoms with Gasteiger partial charge in [-0.15, -0.1) is 0 Å². The topological polar surface area (TPSA) is 63.6 Å². The van der Waals surface area contributed by atoms with E-state index in [2.05, 4.69) is 12.1 Å². The maximum atomic E-state index is 12.4. The highest BCUT2D eigenvalue weighted by atomic mass is 16.5. The number of phenols is 1. The Hall–Kier alpha value is -3.40. The molecule has 1 aliphatic carbocycles. The monoisotopic (exact) mass is 344 g/mol. The minimum absolute atomic E-state index is 0.0658. The summed E-state index contributed by atoms with van der Waals surface area (Å²) in [5, 5.41) is 9.25. The number of carbonyl (C=O) groups excluding carboxylic acids is 2. The predicted octanol–water partition coefficient (Wildman–Crippen LogP) is 4.00. The molecule has 4 nitrogen and oxygen atoms in total. The highest BCUT2D eigenvalue weighted by Gasteiger charge is 2.20. The van der Waals surface area contributed by atoms with Crippen LogP contribution in [0.25, 0.3) is 11.1 Å². The van der Waals surface area contributed by atoms with Crippen LogP contribution < -0.4 is 0 Å². The minimum atomic E-state index is -0.593. The molecule has 0 saturated heterocycles. The van der Waals surface area contributed by atoms with Crippen molar-refractivity contribution in [2.45, 2.75) is 6.42 Å². The lowest BCUT2D eigenvalue weighted by Crippen LogP contribution is -2.14. The van der Waals surface area contributed by atoms with Crippen LogP contribution in [0, 0.1) is 0 Å². The van der Waals surface area contributed by atoms with E-state index in [-0.39, 0.29) is 18.1 Å². The Labute approximate surface area is 150 Å². The van der Waals surface area contributed by atoms with Crippen LogP contribution in [0.15, 0.2) is 66.7 Å². The van der Waals surface area contributed by atoms with Crippen molar-refractivity contribution in [3.63, 3.8) is 0 Å². The number of rotatable bonds is 4. The van der Waals surface area contributed by atoms with Gasteiger partial charge in [0.25, 0.3) is 0 Å². The van der Waals surface area contributed by atoms with E-state index >= 15 is 0 Å². The molecular weight excluding hydrogens is 328 g/mol. The lowest BCUT2D eigenvalue weighted by molar-refractivity contribution is 0.0475. The second-order valence-electron chi connectivity index (χ2n) is 6.25. The molecule has 0 atom stereocenters. The van der Waals surface area contributed by atoms with Gasteiger partial charge < -0.3 is 9.84 Å². The van der Waals surface area contributed by atoms with E-state index in [1.807, 2.05) is 24.3 Å². The summed E-state index contributed by atoms with van der Waals surface area (Å²) >= 11 is 0. The molecule has 0 fully saturated rings. The molecule has 0 heterocycles. The number of ketones is 1. The molecule has 4 rings (SSSR count). The number of Topliss-reactive ketones (excluding diaryl/α,β-unsaturated/α-hetero) is 1. The molecule has 0 saturated carbocycles. The van der Waals surface area contributed by atoms with Crippen LogP contribution in [-0.4, -0.2) is 23.5 Å². The van der Waals surface area contributed by atoms with Crippen LogP contribution >= 0.6 is 0 Å². The molecule has 0 bridgehead atoms. The van der Waals surface area contributed by atoms with Crippen molar-refractivity contribution in [3.8, 4) is 16.9 Å². The first-order chi connectivity index (χ1) is 12.6. The fourth-order valence-electron chi connectivity index (χ4n) is 3.19. The van der Waals surface area contributed by atoms with Crippen LogP contribution in [0.5, 0.6) is 5.75 Å². The fourth-order valence-corrected chi connectivity index (χ4v) is 3.19. The van der Waals surface area contributed by atoms with Gasteiger partial charge in [0.1, 0.15) is 5.75 Å². The Bertz CT molecular complexity index is 1000. The van der Waals surface area contributed by atoms with Crippen molar-refractivity contribution in [3.05, 3.63) is 89.0 Å². The molecule has 26 heavy (non-hydrogen) atoms. The van der Waals surface area contributed by atoms with Gasteiger partial charge in [-0.25, -0.2) is 4.79 Å². The summed E-state index contributed by atoms with van der Waals surface area (Å²) < 4.78 is 5.10. The van der Waals surface area contributed by atoms with Crippen molar-refractivity contribution in [1.82, 2.24) is 0 Å². The Kier molecular flexibility index (Phi) is 4.01. The number of phenolic OH excluding ortho intramolecular Hbond substituents is 1. The van der Waals surface area contributed by atoms with Gasteiger partial charge in [0.05, 0.1) is 5.56 Å². The van der Waals surface area contributed by atoms with E-state index in [0.717, 1.165) is 17.5 Å². The van der Waals surface area contributed by atoms with Gasteiger partial charge in [0.2, 0.25) is 0 Å². The summed E-state index contributed by atoms with van der Waals surface area (Å²) in [7, 11) is 0. The molecule has 3 aromatic carbocycles. The smallest absolute Gasteiger partial charge is 0.338 e. The molecule has 0 unspecified atom stereocenters. The zero-order chi connectivity index (χ0) is 18.1. The Morgan fingerprint density at radius 1 is 0.846 bits per heavy atom. The van der Waals surface area contributed by atoms with E-state index in [9.17, 15) is 14.7 Å². The average molecular weight is 344 g/mol. The number of hydrogen-bond donors (Lipinski definition) is 1. The SMILES string of the molecule is O=C(COC(=O)c1ccc(O)cc1)c1ccc2c(c1)-c1ccccc1C2. The lowest BCUT2D eigenvalue weighted by Gasteiger charge is -2.07. The van der Waals surface area contributed by atoms with Crippen LogP contribution in [0.1, 0.15) is 31.8 Å². The summed E-state index contributed by atoms with van der Waals surface area (Å²) in [5.74, 6) is -0.773. The highest BCUT2D eigenvalue weighted by Crippen LogP contribution is 2.36. The van der Waals surface area contributed by atoms with Gasteiger partial charge in [0.15, 0.2) is 12.4 Å². The molecule has 128 valence electrons. The van der Waals surface area contributed by atoms with Crippen LogP contribution in [0.4, 0.5) is 0 Å². The third-order valence-corrected chi connectivity index (χ3v) is 4.56. The van der Waals surface area contributed by atoms with Crippen LogP contribution in [-0.2, 0) is 11.2 Å². The summed E-state index contributed by atoms with van der Waals surface area (Å²) in [4.78, 5) is 24.4. The molecule has 0 radical (unpaired) electrons. The van der Waals surface area contributed by atoms with Gasteiger partial charge in [-0.2, -0.15) is 0 Å². The predicted molar refractivity (Wildman–Crippen MR) is 97.4 cm³/mol. The molecule has 0 spiro atoms. The van der Waals surface area contributed by atoms with Gasteiger partial charge in [-0.05, 0) is 59.0 Å². The number of benzene rings is 3. The summed E-state index contributed by atoms with van der Waals surface area (Å²) in [6.07, 6.45) is 0.871. The van der Waals surface area contributed by atoms with Crippen molar-refractivity contribution in [2.75, 3.05) is 6.61 Å². The molecule has 0 aliphatic heterocycles. The first-order valence-electron chi connectivity index (χ1n) is 8.32. The Morgan fingerprint density at radius 2 is 1.54 bits per heavy atom. The van der Waals surface area contributed by atoms with Gasteiger partial charge in [-0.1, -0.05) is 36.4 Å². The Balaban J connectivity index is 1.48. The maximum Gasteiger partial charge on any atom is 0.338 e. The van der Waals surface area contributed by atoms with Gasteiger partial charge in [0, 0.05) is 5.56 Å². The molecule has 0 amide bonds. The second kappa shape index (κ2) is 6.48. The van der Waals surface area contributed by atoms with E-state index in [1.54, 1.807) is 6.07 Å². The van der Waals surface area contributed by atoms with E-state index in [1.165, 1.54) is 35.4 Å². The number of fused-ring (bicyclic) bond motifs is 3. The lowest BCUT2D eigenvalue weighted by atomic mass is 10.0. The molecular formula is C22H16O4. The molecule has 1 N–H and O–H groups in total. The normalized spacial score (nSPS) is 11.5. The Morgan fingerprint density at radius 3 is 2.35 bits per heavy atom. The largest absolute Gasteiger partial charge is 0.508 e. The van der Waals surface area contributed by atoms with Crippen LogP contribution in [0.3, 0.4) is 0 Å². The van der Waals surface area contributed by atoms with Crippen molar-refractivity contribution in [1.29, 1.82) is 0 Å². The number of carbonyl (C=O) groups is 2. The first-order valence-corrected chi connectivity index (χ1v) is 8.32. The fraction of sp³-hybridized carbons (Fsp3) is 0.0909. The number of esters is 1. The summed E-state index contributed by atoms with van der Waals surface area (Å²) in [6, 6.07) is 19.5. The van der Waals surface area contributed by atoms with Crippen molar-refractivity contribution >= 4 is 11.8 Å². The third kappa shape index (κ3) is 2.97. The maximum absolute atomic E-state index is 12.4. The van der Waals surface area contributed by atoms with E-state index in [0.29, 0.717) is 11.1 Å². The zero-order valence-corrected chi connectivity index (χ0v) is 13.9. The van der Waals surface area contributed by atoms with Crippen molar-refractivity contribution < 1.29 is 19.4 Å². The van der Waals surface area contributed by atoms with Gasteiger partial charge in [-0.3, -0.25) is 4.79 Å². The molecule has 1 aliphatic rings. The van der Waals surface area contributed by atoms with E-state index < -0.39 is 5.97 Å².